The number of amides is 2. The van der Waals surface area contributed by atoms with E-state index in [1.807, 2.05) is 0 Å². The number of fused-ring (bicyclic) bond motifs is 2. The Hall–Kier alpha value is -5.72. The number of carbonyl (C=O) groups is 2. The smallest absolute Gasteiger partial charge is 0.309 e. The summed E-state index contributed by atoms with van der Waals surface area (Å²) in [5.74, 6) is -1.23. The molecule has 2 atom stereocenters. The molecule has 2 aliphatic rings. The van der Waals surface area contributed by atoms with E-state index < -0.39 is 61.8 Å². The third kappa shape index (κ3) is 8.55. The number of sulfone groups is 1. The van der Waals surface area contributed by atoms with Crippen LogP contribution in [0.5, 0.6) is 0 Å². The molecule has 19 heteroatoms. The van der Waals surface area contributed by atoms with Crippen molar-refractivity contribution in [2.75, 3.05) is 16.5 Å². The molecule has 2 amide bonds. The first-order valence-corrected chi connectivity index (χ1v) is 23.8. The molecule has 0 radical (unpaired) electrons. The maximum absolute atomic E-state index is 15.9. The van der Waals surface area contributed by atoms with E-state index in [1.54, 1.807) is 29.6 Å². The molecular weight excluding hydrogens is 856 g/mol. The number of hydrogen-bond acceptors (Lipinski definition) is 11. The van der Waals surface area contributed by atoms with Crippen LogP contribution in [0.1, 0.15) is 89.1 Å². The zero-order valence-corrected chi connectivity index (χ0v) is 36.2. The summed E-state index contributed by atoms with van der Waals surface area (Å²) in [6, 6.07) is 10.3. The Morgan fingerprint density at radius 1 is 0.855 bits per heavy atom. The Labute approximate surface area is 363 Å². The highest BCUT2D eigenvalue weighted by Crippen LogP contribution is 2.45. The van der Waals surface area contributed by atoms with Crippen LogP contribution in [-0.4, -0.2) is 61.1 Å². The lowest BCUT2D eigenvalue weighted by Gasteiger charge is -2.48. The monoisotopic (exact) mass is 900 g/mol. The van der Waals surface area contributed by atoms with Crippen LogP contribution in [0, 0.1) is 5.92 Å². The molecule has 0 saturated heterocycles. The third-order valence-corrected chi connectivity index (χ3v) is 14.4. The van der Waals surface area contributed by atoms with Crippen LogP contribution in [0.25, 0.3) is 21.8 Å². The van der Waals surface area contributed by atoms with Gasteiger partial charge in [0.15, 0.2) is 15.0 Å². The second kappa shape index (κ2) is 17.6. The summed E-state index contributed by atoms with van der Waals surface area (Å²) in [6.45, 7) is 0. The molecular formula is C43H45ClN8O8S2. The number of aromatic amines is 2. The van der Waals surface area contributed by atoms with E-state index in [1.165, 1.54) is 52.9 Å². The number of nitrogens with one attached hydrogen (secondary N) is 3. The van der Waals surface area contributed by atoms with Crippen molar-refractivity contribution in [2.24, 2.45) is 5.92 Å². The van der Waals surface area contributed by atoms with Crippen molar-refractivity contribution in [1.29, 1.82) is 0 Å². The maximum Gasteiger partial charge on any atom is 0.329 e. The number of halogens is 1. The van der Waals surface area contributed by atoms with Gasteiger partial charge in [-0.15, -0.1) is 11.3 Å². The molecule has 3 N–H and O–H groups in total. The van der Waals surface area contributed by atoms with Crippen LogP contribution >= 0.6 is 22.9 Å². The number of aromatic nitrogens is 6. The fraction of sp³-hybridized carbons (Fsp3) is 0.395. The minimum Gasteiger partial charge on any atom is -0.309 e. The predicted octanol–water partition coefficient (Wildman–Crippen LogP) is 6.12. The maximum atomic E-state index is 15.9. The Kier molecular flexibility index (Phi) is 12.2. The number of carbonyl (C=O) groups excluding carboxylic acids is 2. The van der Waals surface area contributed by atoms with Gasteiger partial charge in [0.1, 0.15) is 17.9 Å². The molecule has 2 saturated carbocycles. The molecule has 4 heterocycles. The standard InChI is InChI=1S/C43H45ClN8O8S2/c1-62(59,60)28-14-16-31-30(24-28)38(55)51(40(57)47-31)34(36(53)49-35-12-6-9-19-45-35)25-43(17-7-3-8-18-43)52(42-46-20-21-61-42)39(56)33(22-26-10-4-2-5-11-26)50-37(54)29-15-13-27(44)23-32(29)48-41(50)58/h6,9,12-16,19-21,23-24,26,33-34H,2-5,7-8,10-11,17-18,22,25H2,1H3,(H,47,57)(H,48,58)(H,45,49,53). The normalized spacial score (nSPS) is 16.8. The van der Waals surface area contributed by atoms with Gasteiger partial charge in [-0.1, -0.05) is 69.0 Å². The molecule has 0 bridgehead atoms. The van der Waals surface area contributed by atoms with Crippen LogP contribution < -0.4 is 32.7 Å². The van der Waals surface area contributed by atoms with Gasteiger partial charge in [0.25, 0.3) is 17.0 Å². The second-order valence-electron chi connectivity index (χ2n) is 16.3. The lowest BCUT2D eigenvalue weighted by atomic mass is 9.75. The summed E-state index contributed by atoms with van der Waals surface area (Å²) in [7, 11) is -3.78. The van der Waals surface area contributed by atoms with Crippen molar-refractivity contribution >= 4 is 77.3 Å². The number of benzene rings is 2. The first kappa shape index (κ1) is 42.9. The first-order chi connectivity index (χ1) is 29.7. The lowest BCUT2D eigenvalue weighted by molar-refractivity contribution is -0.125. The highest BCUT2D eigenvalue weighted by Gasteiger charge is 2.49. The number of pyridine rings is 1. The Morgan fingerprint density at radius 3 is 2.23 bits per heavy atom. The highest BCUT2D eigenvalue weighted by atomic mass is 35.5. The van der Waals surface area contributed by atoms with Crippen molar-refractivity contribution < 1.29 is 18.0 Å². The SMILES string of the molecule is CS(=O)(=O)c1ccc2[nH]c(=O)n(C(CC3(N(C(=O)C(CC4CCCCC4)n4c(=O)[nH]c5cc(Cl)ccc5c4=O)c4nccs4)CCCCC3)C(=O)Nc3ccccn3)c(=O)c2c1. The Bertz CT molecular complexity index is 3010. The van der Waals surface area contributed by atoms with Gasteiger partial charge in [-0.25, -0.2) is 37.1 Å². The zero-order chi connectivity index (χ0) is 43.8. The van der Waals surface area contributed by atoms with Crippen LogP contribution in [0.4, 0.5) is 10.9 Å². The molecule has 4 aromatic heterocycles. The topological polar surface area (TPSA) is 219 Å². The molecule has 6 aromatic rings. The molecule has 2 unspecified atom stereocenters. The van der Waals surface area contributed by atoms with Gasteiger partial charge in [-0.2, -0.15) is 0 Å². The molecule has 0 spiro atoms. The zero-order valence-electron chi connectivity index (χ0n) is 33.8. The summed E-state index contributed by atoms with van der Waals surface area (Å²) in [5.41, 5.74) is -4.31. The average Bonchev–Trinajstić information content (AvgIpc) is 3.78. The van der Waals surface area contributed by atoms with Gasteiger partial charge < -0.3 is 15.3 Å². The van der Waals surface area contributed by atoms with Crippen LogP contribution in [0.2, 0.25) is 5.02 Å². The number of anilines is 2. The molecule has 324 valence electrons. The van der Waals surface area contributed by atoms with E-state index in [0.29, 0.717) is 30.7 Å². The average molecular weight is 901 g/mol. The fourth-order valence-corrected chi connectivity index (χ4v) is 10.9. The Morgan fingerprint density at radius 2 is 1.55 bits per heavy atom. The van der Waals surface area contributed by atoms with Gasteiger partial charge in [0, 0.05) is 35.5 Å². The van der Waals surface area contributed by atoms with Crippen molar-refractivity contribution in [3.8, 4) is 0 Å². The Balaban J connectivity index is 1.32. The second-order valence-corrected chi connectivity index (χ2v) is 19.7. The summed E-state index contributed by atoms with van der Waals surface area (Å²) in [5, 5.41) is 5.05. The summed E-state index contributed by atoms with van der Waals surface area (Å²) in [4.78, 5) is 104. The largest absolute Gasteiger partial charge is 0.329 e. The minimum absolute atomic E-state index is 0.00817. The van der Waals surface area contributed by atoms with Crippen molar-refractivity contribution in [1.82, 2.24) is 29.1 Å². The molecule has 8 rings (SSSR count). The molecule has 16 nitrogen and oxygen atoms in total. The quantitative estimate of drug-likeness (QED) is 0.128. The minimum atomic E-state index is -3.78. The van der Waals surface area contributed by atoms with E-state index in [0.717, 1.165) is 60.0 Å². The van der Waals surface area contributed by atoms with E-state index >= 15 is 4.79 Å². The summed E-state index contributed by atoms with van der Waals surface area (Å²) in [6.07, 6.45) is 11.0. The first-order valence-electron chi connectivity index (χ1n) is 20.6. The van der Waals surface area contributed by atoms with Gasteiger partial charge >= 0.3 is 11.4 Å². The number of hydrogen-bond donors (Lipinski definition) is 3. The predicted molar refractivity (Wildman–Crippen MR) is 238 cm³/mol. The lowest BCUT2D eigenvalue weighted by Crippen LogP contribution is -2.59. The number of thiazole rings is 1. The van der Waals surface area contributed by atoms with E-state index in [2.05, 4.69) is 25.3 Å². The molecule has 0 aliphatic heterocycles. The van der Waals surface area contributed by atoms with Crippen LogP contribution in [0.15, 0.2) is 96.4 Å². The van der Waals surface area contributed by atoms with Gasteiger partial charge in [0.05, 0.1) is 32.2 Å². The van der Waals surface area contributed by atoms with Crippen molar-refractivity contribution in [2.45, 2.75) is 99.6 Å². The fourth-order valence-electron chi connectivity index (χ4n) is 9.31. The van der Waals surface area contributed by atoms with Crippen LogP contribution in [-0.2, 0) is 19.4 Å². The van der Waals surface area contributed by atoms with Crippen molar-refractivity contribution in [3.05, 3.63) is 119 Å². The number of nitrogens with zero attached hydrogens (tertiary/aromatic N) is 5. The van der Waals surface area contributed by atoms with Crippen LogP contribution in [0.3, 0.4) is 0 Å². The van der Waals surface area contributed by atoms with Gasteiger partial charge in [-0.3, -0.25) is 24.1 Å². The summed E-state index contributed by atoms with van der Waals surface area (Å²) < 4.78 is 27.0. The van der Waals surface area contributed by atoms with E-state index in [4.69, 9.17) is 11.6 Å². The van der Waals surface area contributed by atoms with Gasteiger partial charge in [-0.05, 0) is 73.7 Å². The molecule has 62 heavy (non-hydrogen) atoms. The van der Waals surface area contributed by atoms with E-state index in [9.17, 15) is 32.4 Å². The van der Waals surface area contributed by atoms with Crippen molar-refractivity contribution in [3.63, 3.8) is 0 Å². The number of H-pyrrole nitrogens is 2. The number of rotatable bonds is 12. The summed E-state index contributed by atoms with van der Waals surface area (Å²) >= 11 is 7.41. The third-order valence-electron chi connectivity index (χ3n) is 12.3. The molecule has 2 aromatic carbocycles. The van der Waals surface area contributed by atoms with Gasteiger partial charge in [0.2, 0.25) is 5.91 Å². The van der Waals surface area contributed by atoms with E-state index in [-0.39, 0.29) is 56.4 Å². The molecule has 2 fully saturated rings. The molecule has 2 aliphatic carbocycles. The highest BCUT2D eigenvalue weighted by molar-refractivity contribution is 7.90.